The summed E-state index contributed by atoms with van der Waals surface area (Å²) >= 11 is 0. The molecule has 34 heavy (non-hydrogen) atoms. The van der Waals surface area contributed by atoms with Crippen LogP contribution in [0.1, 0.15) is 43.1 Å². The molecule has 1 fully saturated rings. The molecule has 4 rings (SSSR count). The third-order valence-corrected chi connectivity index (χ3v) is 6.41. The molecule has 7 heteroatoms. The Labute approximate surface area is 199 Å². The highest BCUT2D eigenvalue weighted by Crippen LogP contribution is 2.29. The molecule has 7 nitrogen and oxygen atoms in total. The Hall–Kier alpha value is -3.74. The largest absolute Gasteiger partial charge is 0.465 e. The van der Waals surface area contributed by atoms with E-state index in [1.165, 1.54) is 0 Å². The molecule has 0 aliphatic heterocycles. The third kappa shape index (κ3) is 6.41. The van der Waals surface area contributed by atoms with Crippen LogP contribution in [0.15, 0.2) is 72.9 Å². The van der Waals surface area contributed by atoms with Crippen molar-refractivity contribution in [3.8, 4) is 11.3 Å². The number of nitrogens with one attached hydrogen (secondary N) is 2. The van der Waals surface area contributed by atoms with E-state index in [1.807, 2.05) is 66.7 Å². The van der Waals surface area contributed by atoms with Gasteiger partial charge in [0, 0.05) is 24.2 Å². The van der Waals surface area contributed by atoms with Gasteiger partial charge in [0.15, 0.2) is 5.82 Å². The summed E-state index contributed by atoms with van der Waals surface area (Å²) in [7, 11) is 0. The number of rotatable bonds is 8. The van der Waals surface area contributed by atoms with Gasteiger partial charge in [-0.3, -0.25) is 4.79 Å². The molecular weight excluding hydrogens is 428 g/mol. The number of amides is 2. The van der Waals surface area contributed by atoms with Gasteiger partial charge in [-0.25, -0.2) is 14.8 Å². The molecule has 1 aromatic heterocycles. The van der Waals surface area contributed by atoms with Crippen LogP contribution >= 0.6 is 0 Å². The van der Waals surface area contributed by atoms with E-state index >= 15 is 0 Å². The predicted molar refractivity (Wildman–Crippen MR) is 130 cm³/mol. The molecule has 1 aliphatic carbocycles. The van der Waals surface area contributed by atoms with Crippen molar-refractivity contribution in [3.05, 3.63) is 84.3 Å². The highest BCUT2D eigenvalue weighted by atomic mass is 16.4. The van der Waals surface area contributed by atoms with Crippen molar-refractivity contribution >= 4 is 12.0 Å². The van der Waals surface area contributed by atoms with Crippen molar-refractivity contribution in [1.29, 1.82) is 0 Å². The monoisotopic (exact) mass is 458 g/mol. The molecule has 0 saturated heterocycles. The van der Waals surface area contributed by atoms with Crippen molar-refractivity contribution in [2.24, 2.45) is 11.8 Å². The zero-order valence-corrected chi connectivity index (χ0v) is 19.1. The topological polar surface area (TPSA) is 104 Å². The van der Waals surface area contributed by atoms with E-state index in [9.17, 15) is 9.59 Å². The molecule has 1 saturated carbocycles. The van der Waals surface area contributed by atoms with E-state index in [0.717, 1.165) is 42.5 Å². The SMILES string of the molecule is O=C(O)NCC1CCC(C(=O)N[C@@H](Cc2ccccc2)c2nccc(-c3ccccc3)n2)CC1. The fraction of sp³-hybridized carbons (Fsp3) is 0.333. The number of benzene rings is 2. The molecule has 1 atom stereocenters. The van der Waals surface area contributed by atoms with Crippen LogP contribution in [0.3, 0.4) is 0 Å². The lowest BCUT2D eigenvalue weighted by Crippen LogP contribution is -2.38. The molecule has 0 unspecified atom stereocenters. The summed E-state index contributed by atoms with van der Waals surface area (Å²) in [5.41, 5.74) is 2.93. The molecular formula is C27H30N4O3. The number of hydrogen-bond acceptors (Lipinski definition) is 4. The van der Waals surface area contributed by atoms with Gasteiger partial charge in [-0.1, -0.05) is 60.7 Å². The summed E-state index contributed by atoms with van der Waals surface area (Å²) in [5.74, 6) is 0.806. The van der Waals surface area contributed by atoms with Crippen molar-refractivity contribution in [3.63, 3.8) is 0 Å². The Bertz CT molecular complexity index is 1080. The zero-order chi connectivity index (χ0) is 23.8. The maximum Gasteiger partial charge on any atom is 0.404 e. The minimum Gasteiger partial charge on any atom is -0.465 e. The first kappa shape index (κ1) is 23.4. The van der Waals surface area contributed by atoms with Gasteiger partial charge in [-0.15, -0.1) is 0 Å². The quantitative estimate of drug-likeness (QED) is 0.457. The van der Waals surface area contributed by atoms with Gasteiger partial charge in [0.2, 0.25) is 5.91 Å². The molecule has 3 N–H and O–H groups in total. The van der Waals surface area contributed by atoms with Crippen LogP contribution in [0.2, 0.25) is 0 Å². The Kier molecular flexibility index (Phi) is 7.86. The minimum absolute atomic E-state index is 0.0132. The predicted octanol–water partition coefficient (Wildman–Crippen LogP) is 4.62. The van der Waals surface area contributed by atoms with Gasteiger partial charge in [0.1, 0.15) is 0 Å². The standard InChI is InChI=1S/C27H30N4O3/c32-26(22-13-11-20(12-14-22)18-29-27(33)34)31-24(17-19-7-3-1-4-8-19)25-28-16-15-23(30-25)21-9-5-2-6-10-21/h1-10,15-16,20,22,24,29H,11-14,17-18H2,(H,31,32)(H,33,34)/t20?,22?,24-/m0/s1. The second-order valence-electron chi connectivity index (χ2n) is 8.82. The summed E-state index contributed by atoms with van der Waals surface area (Å²) in [5, 5.41) is 14.5. The summed E-state index contributed by atoms with van der Waals surface area (Å²) in [6.07, 6.45) is 4.52. The minimum atomic E-state index is -0.999. The lowest BCUT2D eigenvalue weighted by Gasteiger charge is -2.29. The van der Waals surface area contributed by atoms with E-state index in [-0.39, 0.29) is 23.8 Å². The van der Waals surface area contributed by atoms with Crippen LogP contribution in [0, 0.1) is 11.8 Å². The van der Waals surface area contributed by atoms with E-state index in [4.69, 9.17) is 10.1 Å². The average Bonchev–Trinajstić information content (AvgIpc) is 2.88. The maximum atomic E-state index is 13.2. The zero-order valence-electron chi connectivity index (χ0n) is 19.1. The van der Waals surface area contributed by atoms with Crippen molar-refractivity contribution in [1.82, 2.24) is 20.6 Å². The third-order valence-electron chi connectivity index (χ3n) is 6.41. The van der Waals surface area contributed by atoms with Gasteiger partial charge < -0.3 is 15.7 Å². The number of nitrogens with zero attached hydrogens (tertiary/aromatic N) is 2. The van der Waals surface area contributed by atoms with Gasteiger partial charge in [-0.05, 0) is 49.7 Å². The van der Waals surface area contributed by atoms with Gasteiger partial charge in [-0.2, -0.15) is 0 Å². The first-order valence-corrected chi connectivity index (χ1v) is 11.8. The first-order valence-electron chi connectivity index (χ1n) is 11.8. The van der Waals surface area contributed by atoms with Crippen molar-refractivity contribution in [2.45, 2.75) is 38.1 Å². The van der Waals surface area contributed by atoms with Gasteiger partial charge >= 0.3 is 6.09 Å². The van der Waals surface area contributed by atoms with E-state index in [2.05, 4.69) is 15.6 Å². The van der Waals surface area contributed by atoms with Crippen molar-refractivity contribution in [2.75, 3.05) is 6.54 Å². The molecule has 0 radical (unpaired) electrons. The Balaban J connectivity index is 1.48. The van der Waals surface area contributed by atoms with E-state index < -0.39 is 6.09 Å². The molecule has 2 aromatic carbocycles. The number of carboxylic acid groups (broad SMARTS) is 1. The maximum absolute atomic E-state index is 13.2. The second-order valence-corrected chi connectivity index (χ2v) is 8.82. The Morgan fingerprint density at radius 1 is 0.941 bits per heavy atom. The van der Waals surface area contributed by atoms with Gasteiger partial charge in [0.25, 0.3) is 0 Å². The number of aromatic nitrogens is 2. The molecule has 3 aromatic rings. The summed E-state index contributed by atoms with van der Waals surface area (Å²) in [6, 6.07) is 21.5. The smallest absolute Gasteiger partial charge is 0.404 e. The number of carbonyl (C=O) groups excluding carboxylic acids is 1. The number of carbonyl (C=O) groups is 2. The van der Waals surface area contributed by atoms with E-state index in [1.54, 1.807) is 6.20 Å². The molecule has 0 bridgehead atoms. The molecule has 0 spiro atoms. The Morgan fingerprint density at radius 2 is 1.62 bits per heavy atom. The molecule has 1 aliphatic rings. The van der Waals surface area contributed by atoms with Crippen LogP contribution < -0.4 is 10.6 Å². The van der Waals surface area contributed by atoms with Crippen LogP contribution in [-0.2, 0) is 11.2 Å². The van der Waals surface area contributed by atoms with Crippen LogP contribution in [0.25, 0.3) is 11.3 Å². The highest BCUT2D eigenvalue weighted by molar-refractivity contribution is 5.79. The summed E-state index contributed by atoms with van der Waals surface area (Å²) in [6.45, 7) is 0.445. The Morgan fingerprint density at radius 3 is 2.29 bits per heavy atom. The van der Waals surface area contributed by atoms with E-state index in [0.29, 0.717) is 18.8 Å². The molecule has 176 valence electrons. The van der Waals surface area contributed by atoms with Crippen molar-refractivity contribution < 1.29 is 14.7 Å². The lowest BCUT2D eigenvalue weighted by atomic mass is 9.81. The van der Waals surface area contributed by atoms with Crippen LogP contribution in [-0.4, -0.2) is 33.6 Å². The highest BCUT2D eigenvalue weighted by Gasteiger charge is 2.29. The lowest BCUT2D eigenvalue weighted by molar-refractivity contribution is -0.127. The van der Waals surface area contributed by atoms with Gasteiger partial charge in [0.05, 0.1) is 11.7 Å². The van der Waals surface area contributed by atoms with Crippen LogP contribution in [0.4, 0.5) is 4.79 Å². The van der Waals surface area contributed by atoms with Crippen LogP contribution in [0.5, 0.6) is 0 Å². The second kappa shape index (κ2) is 11.4. The average molecular weight is 459 g/mol. The first-order chi connectivity index (χ1) is 16.6. The molecule has 1 heterocycles. The number of hydrogen-bond donors (Lipinski definition) is 3. The molecule has 2 amide bonds. The summed E-state index contributed by atoms with van der Waals surface area (Å²) in [4.78, 5) is 33.3. The summed E-state index contributed by atoms with van der Waals surface area (Å²) < 4.78 is 0. The normalized spacial score (nSPS) is 18.6. The fourth-order valence-corrected chi connectivity index (χ4v) is 4.52. The fourth-order valence-electron chi connectivity index (χ4n) is 4.52.